The lowest BCUT2D eigenvalue weighted by Gasteiger charge is -2.22. The van der Waals surface area contributed by atoms with Crippen molar-refractivity contribution < 1.29 is 14.4 Å². The average molecular weight is 413 g/mol. The van der Waals surface area contributed by atoms with Gasteiger partial charge in [-0.25, -0.2) is 5.43 Å². The van der Waals surface area contributed by atoms with Crippen molar-refractivity contribution in [3.63, 3.8) is 0 Å². The van der Waals surface area contributed by atoms with E-state index in [1.807, 2.05) is 0 Å². The van der Waals surface area contributed by atoms with Crippen LogP contribution in [0.2, 0.25) is 10.0 Å². The van der Waals surface area contributed by atoms with Crippen LogP contribution < -0.4 is 16.1 Å². The first kappa shape index (κ1) is 21.2. The fourth-order valence-corrected chi connectivity index (χ4v) is 3.21. The number of hydrogen-bond donors (Lipinski definition) is 3. The summed E-state index contributed by atoms with van der Waals surface area (Å²) in [6.07, 6.45) is 4.96. The summed E-state index contributed by atoms with van der Waals surface area (Å²) in [4.78, 5) is 35.7. The molecule has 3 amide bonds. The maximum Gasteiger partial charge on any atom is 0.329 e. The number of carbonyl (C=O) groups is 3. The van der Waals surface area contributed by atoms with Gasteiger partial charge < -0.3 is 10.6 Å². The Hall–Kier alpha value is -2.12. The largest absolute Gasteiger partial charge is 0.345 e. The fourth-order valence-electron chi connectivity index (χ4n) is 2.75. The van der Waals surface area contributed by atoms with Gasteiger partial charge in [-0.2, -0.15) is 5.10 Å². The molecule has 146 valence electrons. The Bertz CT molecular complexity index is 746. The first-order chi connectivity index (χ1) is 12.8. The summed E-state index contributed by atoms with van der Waals surface area (Å²) >= 11 is 11.8. The van der Waals surface area contributed by atoms with Gasteiger partial charge in [-0.3, -0.25) is 14.4 Å². The third kappa shape index (κ3) is 7.19. The van der Waals surface area contributed by atoms with Crippen molar-refractivity contribution in [1.29, 1.82) is 0 Å². The molecule has 2 rings (SSSR count). The van der Waals surface area contributed by atoms with Crippen LogP contribution in [0.25, 0.3) is 0 Å². The Morgan fingerprint density at radius 1 is 1.11 bits per heavy atom. The van der Waals surface area contributed by atoms with Gasteiger partial charge in [0, 0.05) is 16.8 Å². The summed E-state index contributed by atoms with van der Waals surface area (Å²) in [6.45, 7) is 1.57. The van der Waals surface area contributed by atoms with E-state index in [1.165, 1.54) is 6.07 Å². The Morgan fingerprint density at radius 3 is 2.48 bits per heavy atom. The molecule has 0 bridgehead atoms. The Balaban J connectivity index is 1.79. The smallest absolute Gasteiger partial charge is 0.329 e. The van der Waals surface area contributed by atoms with Gasteiger partial charge in [-0.05, 0) is 38.0 Å². The number of anilines is 1. The predicted octanol–water partition coefficient (Wildman–Crippen LogP) is 3.26. The normalized spacial score (nSPS) is 15.1. The van der Waals surface area contributed by atoms with Crippen LogP contribution in [0.3, 0.4) is 0 Å². The first-order valence-electron chi connectivity index (χ1n) is 8.74. The van der Waals surface area contributed by atoms with Crippen molar-refractivity contribution >= 4 is 52.3 Å². The predicted molar refractivity (Wildman–Crippen MR) is 106 cm³/mol. The van der Waals surface area contributed by atoms with Gasteiger partial charge >= 0.3 is 11.8 Å². The Labute approximate surface area is 167 Å². The van der Waals surface area contributed by atoms with Crippen molar-refractivity contribution in [1.82, 2.24) is 10.7 Å². The molecule has 9 heteroatoms. The highest BCUT2D eigenvalue weighted by atomic mass is 35.5. The number of nitrogens with zero attached hydrogens (tertiary/aromatic N) is 1. The highest BCUT2D eigenvalue weighted by Crippen LogP contribution is 2.25. The number of hydrogen-bond acceptors (Lipinski definition) is 4. The van der Waals surface area contributed by atoms with E-state index >= 15 is 0 Å². The topological polar surface area (TPSA) is 99.7 Å². The minimum atomic E-state index is -0.846. The highest BCUT2D eigenvalue weighted by molar-refractivity contribution is 6.37. The zero-order valence-corrected chi connectivity index (χ0v) is 16.5. The van der Waals surface area contributed by atoms with Gasteiger partial charge in [0.05, 0.1) is 17.1 Å². The van der Waals surface area contributed by atoms with Crippen molar-refractivity contribution in [2.24, 2.45) is 5.10 Å². The molecule has 0 aliphatic heterocycles. The number of carbonyl (C=O) groups excluding carboxylic acids is 3. The van der Waals surface area contributed by atoms with Crippen LogP contribution in [0.4, 0.5) is 5.69 Å². The van der Waals surface area contributed by atoms with E-state index in [9.17, 15) is 14.4 Å². The van der Waals surface area contributed by atoms with E-state index in [2.05, 4.69) is 21.2 Å². The zero-order valence-electron chi connectivity index (χ0n) is 15.0. The molecule has 0 saturated heterocycles. The minimum Gasteiger partial charge on any atom is -0.345 e. The average Bonchev–Trinajstić information content (AvgIpc) is 2.62. The van der Waals surface area contributed by atoms with Crippen LogP contribution in [0.5, 0.6) is 0 Å². The van der Waals surface area contributed by atoms with Gasteiger partial charge in [0.15, 0.2) is 0 Å². The lowest BCUT2D eigenvalue weighted by molar-refractivity contribution is -0.139. The molecule has 1 aromatic rings. The number of halogens is 2. The van der Waals surface area contributed by atoms with E-state index in [0.717, 1.165) is 32.1 Å². The summed E-state index contributed by atoms with van der Waals surface area (Å²) < 4.78 is 0. The maximum atomic E-state index is 12.0. The summed E-state index contributed by atoms with van der Waals surface area (Å²) in [5, 5.41) is 9.91. The van der Waals surface area contributed by atoms with Crippen LogP contribution in [0.15, 0.2) is 23.3 Å². The molecule has 3 N–H and O–H groups in total. The zero-order chi connectivity index (χ0) is 19.8. The number of nitrogens with one attached hydrogen (secondary N) is 3. The van der Waals surface area contributed by atoms with Gasteiger partial charge in [0.1, 0.15) is 0 Å². The molecular weight excluding hydrogens is 391 g/mol. The summed E-state index contributed by atoms with van der Waals surface area (Å²) in [5.41, 5.74) is 2.94. The van der Waals surface area contributed by atoms with E-state index < -0.39 is 11.8 Å². The lowest BCUT2D eigenvalue weighted by Crippen LogP contribution is -2.44. The molecule has 1 aromatic carbocycles. The number of hydrazone groups is 1. The monoisotopic (exact) mass is 412 g/mol. The van der Waals surface area contributed by atoms with E-state index in [-0.39, 0.29) is 18.4 Å². The third-order valence-corrected chi connectivity index (χ3v) is 4.66. The lowest BCUT2D eigenvalue weighted by atomic mass is 9.95. The van der Waals surface area contributed by atoms with Gasteiger partial charge in [0.25, 0.3) is 0 Å². The molecule has 0 atom stereocenters. The van der Waals surface area contributed by atoms with Crippen molar-refractivity contribution in [2.45, 2.75) is 51.5 Å². The molecule has 1 aliphatic carbocycles. The molecule has 27 heavy (non-hydrogen) atoms. The van der Waals surface area contributed by atoms with Crippen LogP contribution in [-0.2, 0) is 14.4 Å². The standard InChI is InChI=1S/C18H22Cl2N4O3/c1-11(9-16(25)22-15-8-7-12(19)10-14(15)20)23-24-18(27)17(26)21-13-5-3-2-4-6-13/h7-8,10,13H,2-6,9H2,1H3,(H,21,26)(H,22,25)(H,24,27)/b23-11-. The van der Waals surface area contributed by atoms with Crippen LogP contribution >= 0.6 is 23.2 Å². The van der Waals surface area contributed by atoms with Crippen LogP contribution in [0.1, 0.15) is 45.4 Å². The van der Waals surface area contributed by atoms with Crippen molar-refractivity contribution in [3.8, 4) is 0 Å². The summed E-state index contributed by atoms with van der Waals surface area (Å²) in [6, 6.07) is 4.75. The molecule has 0 aromatic heterocycles. The second-order valence-corrected chi connectivity index (χ2v) is 7.29. The highest BCUT2D eigenvalue weighted by Gasteiger charge is 2.20. The SMILES string of the molecule is C/C(CC(=O)Nc1ccc(Cl)cc1Cl)=N/NC(=O)C(=O)NC1CCCCC1. The second-order valence-electron chi connectivity index (χ2n) is 6.45. The molecule has 1 fully saturated rings. The third-order valence-electron chi connectivity index (χ3n) is 4.12. The van der Waals surface area contributed by atoms with Crippen molar-refractivity contribution in [2.75, 3.05) is 5.32 Å². The quantitative estimate of drug-likeness (QED) is 0.393. The molecule has 7 nitrogen and oxygen atoms in total. The van der Waals surface area contributed by atoms with Crippen LogP contribution in [-0.4, -0.2) is 29.5 Å². The van der Waals surface area contributed by atoms with E-state index in [4.69, 9.17) is 23.2 Å². The number of amides is 3. The number of benzene rings is 1. The Morgan fingerprint density at radius 2 is 1.81 bits per heavy atom. The second kappa shape index (κ2) is 10.3. The summed E-state index contributed by atoms with van der Waals surface area (Å²) in [7, 11) is 0. The van der Waals surface area contributed by atoms with Gasteiger partial charge in [-0.1, -0.05) is 42.5 Å². The van der Waals surface area contributed by atoms with E-state index in [0.29, 0.717) is 21.4 Å². The van der Waals surface area contributed by atoms with Crippen LogP contribution in [0, 0.1) is 0 Å². The van der Waals surface area contributed by atoms with Gasteiger partial charge in [-0.15, -0.1) is 0 Å². The molecule has 1 saturated carbocycles. The molecule has 0 unspecified atom stereocenters. The maximum absolute atomic E-state index is 12.0. The Kier molecular flexibility index (Phi) is 8.06. The van der Waals surface area contributed by atoms with Crippen molar-refractivity contribution in [3.05, 3.63) is 28.2 Å². The minimum absolute atomic E-state index is 0.0389. The van der Waals surface area contributed by atoms with Gasteiger partial charge in [0.2, 0.25) is 5.91 Å². The molecule has 0 heterocycles. The van der Waals surface area contributed by atoms with E-state index in [1.54, 1.807) is 19.1 Å². The molecule has 1 aliphatic rings. The first-order valence-corrected chi connectivity index (χ1v) is 9.49. The summed E-state index contributed by atoms with van der Waals surface area (Å²) in [5.74, 6) is -1.92. The molecular formula is C18H22Cl2N4O3. The fraction of sp³-hybridized carbons (Fsp3) is 0.444. The molecule has 0 spiro atoms. The molecule has 0 radical (unpaired) electrons. The number of rotatable bonds is 5.